The van der Waals surface area contributed by atoms with Crippen LogP contribution in [0.1, 0.15) is 48.5 Å². The van der Waals surface area contributed by atoms with Gasteiger partial charge in [-0.3, -0.25) is 19.2 Å². The Morgan fingerprint density at radius 3 is 1.35 bits per heavy atom. The number of benzene rings is 7. The summed E-state index contributed by atoms with van der Waals surface area (Å²) < 4.78 is 49.5. The minimum atomic E-state index is -3.88. The Labute approximate surface area is 401 Å². The van der Waals surface area contributed by atoms with E-state index in [1.807, 2.05) is 91.0 Å². The molecule has 2 N–H and O–H groups in total. The van der Waals surface area contributed by atoms with Crippen LogP contribution in [0.3, 0.4) is 0 Å². The average molecular weight is 970 g/mol. The number of nitrogens with one attached hydrogen (secondary N) is 2. The van der Waals surface area contributed by atoms with Crippen LogP contribution in [0.4, 0.5) is 20.2 Å². The zero-order valence-corrected chi connectivity index (χ0v) is 38.6. The average Bonchev–Trinajstić information content (AvgIpc) is 3.35. The summed E-state index contributed by atoms with van der Waals surface area (Å²) in [6.07, 6.45) is 0.725. The normalized spacial score (nSPS) is 15.2. The van der Waals surface area contributed by atoms with Gasteiger partial charge in [-0.2, -0.15) is 0 Å². The van der Waals surface area contributed by atoms with Crippen molar-refractivity contribution in [2.75, 3.05) is 10.6 Å². The molecule has 0 bridgehead atoms. The molecule has 344 valence electrons. The van der Waals surface area contributed by atoms with Crippen LogP contribution in [0.2, 0.25) is 0 Å². The van der Waals surface area contributed by atoms with Gasteiger partial charge in [0.2, 0.25) is 11.8 Å². The molecular weight excluding hydrogens is 926 g/mol. The van der Waals surface area contributed by atoms with E-state index < -0.39 is 38.7 Å². The van der Waals surface area contributed by atoms with Crippen LogP contribution in [0, 0.1) is 11.6 Å². The van der Waals surface area contributed by atoms with Crippen molar-refractivity contribution in [3.05, 3.63) is 227 Å². The van der Waals surface area contributed by atoms with Gasteiger partial charge in [0.05, 0.1) is 4.90 Å². The number of rotatable bonds is 10. The maximum absolute atomic E-state index is 13.4. The van der Waals surface area contributed by atoms with Gasteiger partial charge in [0.1, 0.15) is 23.7 Å². The first-order valence-electron chi connectivity index (χ1n) is 21.5. The lowest BCUT2D eigenvalue weighted by Crippen LogP contribution is -2.50. The molecule has 2 heterocycles. The molecule has 68 heavy (non-hydrogen) atoms. The maximum atomic E-state index is 13.4. The largest absolute Gasteiger partial charge is 0.324 e. The summed E-state index contributed by atoms with van der Waals surface area (Å²) in [5.74, 6) is -1.34. The van der Waals surface area contributed by atoms with Crippen LogP contribution in [-0.2, 0) is 50.3 Å². The van der Waals surface area contributed by atoms with E-state index >= 15 is 0 Å². The second-order valence-electron chi connectivity index (χ2n) is 16.1. The Kier molecular flexibility index (Phi) is 14.8. The predicted octanol–water partition coefficient (Wildman–Crippen LogP) is 10.3. The van der Waals surface area contributed by atoms with Gasteiger partial charge in [0.25, 0.3) is 20.9 Å². The Morgan fingerprint density at radius 1 is 0.529 bits per heavy atom. The quantitative estimate of drug-likeness (QED) is 0.103. The van der Waals surface area contributed by atoms with E-state index in [1.165, 1.54) is 83.3 Å². The van der Waals surface area contributed by atoms with Crippen molar-refractivity contribution >= 4 is 66.5 Å². The molecule has 7 aromatic carbocycles. The zero-order chi connectivity index (χ0) is 47.8. The van der Waals surface area contributed by atoms with Crippen molar-refractivity contribution in [1.82, 2.24) is 9.80 Å². The van der Waals surface area contributed by atoms with E-state index in [4.69, 9.17) is 10.7 Å². The third-order valence-corrected chi connectivity index (χ3v) is 14.0. The molecule has 0 fully saturated rings. The highest BCUT2D eigenvalue weighted by Crippen LogP contribution is 2.30. The van der Waals surface area contributed by atoms with Crippen molar-refractivity contribution in [2.45, 2.75) is 53.6 Å². The van der Waals surface area contributed by atoms with E-state index in [2.05, 4.69) is 22.8 Å². The first-order valence-corrected chi connectivity index (χ1v) is 24.8. The summed E-state index contributed by atoms with van der Waals surface area (Å²) in [5, 5.41) is 5.72. The summed E-state index contributed by atoms with van der Waals surface area (Å²) in [5.41, 5.74) is 6.88. The van der Waals surface area contributed by atoms with Gasteiger partial charge in [-0.1, -0.05) is 78.9 Å². The van der Waals surface area contributed by atoms with E-state index in [9.17, 15) is 36.4 Å². The Bertz CT molecular complexity index is 3050. The SMILES string of the molecule is O=C(Nc1ccc(S(=O)(=O)Cl)cc1)C1Cc2ccccc2CN1C(=O)c1ccc(F)cc1.O=C(Nc1ccc(SCc2ccccc2)cc1)C1Cc2ccccc2CN1C(=O)c1ccc(F)cc1. The van der Waals surface area contributed by atoms with Crippen LogP contribution < -0.4 is 10.6 Å². The van der Waals surface area contributed by atoms with Crippen LogP contribution in [-0.4, -0.2) is 53.9 Å². The number of nitrogens with zero attached hydrogens (tertiary/aromatic N) is 2. The fourth-order valence-electron chi connectivity index (χ4n) is 7.99. The van der Waals surface area contributed by atoms with Crippen molar-refractivity contribution < 1.29 is 36.4 Å². The Balaban J connectivity index is 0.000000185. The number of hydrogen-bond acceptors (Lipinski definition) is 7. The van der Waals surface area contributed by atoms with Gasteiger partial charge < -0.3 is 20.4 Å². The number of carbonyl (C=O) groups excluding carboxylic acids is 4. The molecule has 7 aromatic rings. The minimum Gasteiger partial charge on any atom is -0.324 e. The first kappa shape index (κ1) is 47.4. The molecule has 10 nitrogen and oxygen atoms in total. The second-order valence-corrected chi connectivity index (χ2v) is 19.7. The molecule has 4 amide bonds. The molecule has 0 aliphatic carbocycles. The Hall–Kier alpha value is -7.13. The summed E-state index contributed by atoms with van der Waals surface area (Å²) in [7, 11) is 1.45. The van der Waals surface area contributed by atoms with Crippen LogP contribution in [0.15, 0.2) is 186 Å². The number of amides is 4. The van der Waals surface area contributed by atoms with Gasteiger partial charge in [-0.15, -0.1) is 11.8 Å². The molecule has 0 saturated heterocycles. The molecule has 2 aliphatic rings. The van der Waals surface area contributed by atoms with Crippen molar-refractivity contribution in [3.63, 3.8) is 0 Å². The highest BCUT2D eigenvalue weighted by molar-refractivity contribution is 8.13. The molecule has 15 heteroatoms. The molecule has 0 radical (unpaired) electrons. The molecule has 0 aromatic heterocycles. The van der Waals surface area contributed by atoms with Gasteiger partial charge in [0.15, 0.2) is 0 Å². The number of halogens is 3. The van der Waals surface area contributed by atoms with Crippen molar-refractivity contribution in [2.24, 2.45) is 0 Å². The van der Waals surface area contributed by atoms with Gasteiger partial charge in [-0.05, 0) is 125 Å². The summed E-state index contributed by atoms with van der Waals surface area (Å²) >= 11 is 1.73. The first-order chi connectivity index (χ1) is 32.8. The fraction of sp³-hybridized carbons (Fsp3) is 0.132. The van der Waals surface area contributed by atoms with Crippen molar-refractivity contribution in [3.8, 4) is 0 Å². The molecular formula is C53H43ClF2N4O6S2. The molecule has 2 unspecified atom stereocenters. The monoisotopic (exact) mass is 968 g/mol. The number of carbonyl (C=O) groups is 4. The summed E-state index contributed by atoms with van der Waals surface area (Å²) in [6, 6.07) is 48.0. The number of thioether (sulfide) groups is 1. The molecule has 2 atom stereocenters. The van der Waals surface area contributed by atoms with Gasteiger partial charge in [-0.25, -0.2) is 17.2 Å². The van der Waals surface area contributed by atoms with Gasteiger partial charge in [0, 0.05) is 69.8 Å². The number of hydrogen-bond donors (Lipinski definition) is 2. The van der Waals surface area contributed by atoms with Crippen LogP contribution in [0.25, 0.3) is 0 Å². The van der Waals surface area contributed by atoms with Crippen LogP contribution >= 0.6 is 22.4 Å². The summed E-state index contributed by atoms with van der Waals surface area (Å²) in [4.78, 5) is 57.1. The van der Waals surface area contributed by atoms with Crippen molar-refractivity contribution in [1.29, 1.82) is 0 Å². The fourth-order valence-corrected chi connectivity index (χ4v) is 9.61. The van der Waals surface area contributed by atoms with E-state index in [0.29, 0.717) is 36.3 Å². The molecule has 0 spiro atoms. The van der Waals surface area contributed by atoms with E-state index in [1.54, 1.807) is 16.7 Å². The van der Waals surface area contributed by atoms with E-state index in [0.717, 1.165) is 32.9 Å². The van der Waals surface area contributed by atoms with Crippen LogP contribution in [0.5, 0.6) is 0 Å². The molecule has 0 saturated carbocycles. The third-order valence-electron chi connectivity index (χ3n) is 11.6. The topological polar surface area (TPSA) is 133 Å². The summed E-state index contributed by atoms with van der Waals surface area (Å²) in [6.45, 7) is 0.549. The maximum Gasteiger partial charge on any atom is 0.261 e. The molecule has 2 aliphatic heterocycles. The third kappa shape index (κ3) is 11.7. The minimum absolute atomic E-state index is 0.0862. The standard InChI is InChI=1S/C30H25FN2O2S.C23H18ClFN2O4S/c31-25-12-10-22(11-13-25)30(35)33-19-24-9-5-4-8-23(24)18-28(33)29(34)32-26-14-16-27(17-15-26)36-20-21-6-2-1-3-7-21;24-32(30,31)20-11-9-19(10-12-20)26-22(28)21-13-16-3-1-2-4-17(16)14-27(21)23(29)15-5-7-18(25)8-6-15/h1-17,28H,18-20H2,(H,32,34);1-12,21H,13-14H2,(H,26,28). The van der Waals surface area contributed by atoms with E-state index in [-0.39, 0.29) is 34.7 Å². The highest BCUT2D eigenvalue weighted by Gasteiger charge is 2.36. The Morgan fingerprint density at radius 2 is 0.926 bits per heavy atom. The smallest absolute Gasteiger partial charge is 0.261 e. The predicted molar refractivity (Wildman–Crippen MR) is 260 cm³/mol. The zero-order valence-electron chi connectivity index (χ0n) is 36.2. The number of anilines is 2. The lowest BCUT2D eigenvalue weighted by molar-refractivity contribution is -0.121. The lowest BCUT2D eigenvalue weighted by atomic mass is 9.92. The highest BCUT2D eigenvalue weighted by atomic mass is 35.7. The second kappa shape index (κ2) is 21.2. The van der Waals surface area contributed by atoms with Gasteiger partial charge >= 0.3 is 0 Å². The lowest BCUT2D eigenvalue weighted by Gasteiger charge is -2.36. The number of fused-ring (bicyclic) bond motifs is 2. The molecule has 9 rings (SSSR count).